The van der Waals surface area contributed by atoms with E-state index in [1.807, 2.05) is 0 Å². The van der Waals surface area contributed by atoms with Gasteiger partial charge in [0.25, 0.3) is 0 Å². The Kier molecular flexibility index (Phi) is 3.56. The smallest absolute Gasteiger partial charge is 0.241 e. The van der Waals surface area contributed by atoms with Crippen LogP contribution in [0.4, 0.5) is 0 Å². The van der Waals surface area contributed by atoms with Crippen molar-refractivity contribution in [1.82, 2.24) is 0 Å². The van der Waals surface area contributed by atoms with Crippen molar-refractivity contribution in [3.63, 3.8) is 0 Å². The third kappa shape index (κ3) is 2.60. The highest BCUT2D eigenvalue weighted by Gasteiger charge is 2.28. The first-order valence-electron chi connectivity index (χ1n) is 4.05. The number of aliphatic imine (C=N–C) groups is 1. The van der Waals surface area contributed by atoms with Crippen LogP contribution in [0.1, 0.15) is 19.3 Å². The summed E-state index contributed by atoms with van der Waals surface area (Å²) >= 11 is -2.24. The van der Waals surface area contributed by atoms with Crippen molar-refractivity contribution in [1.29, 1.82) is 0 Å². The Balaban J connectivity index is 2.80. The molecule has 0 aromatic carbocycles. The van der Waals surface area contributed by atoms with E-state index in [0.29, 0.717) is 18.7 Å². The molecule has 0 spiro atoms. The molecule has 0 aromatic rings. The predicted molar refractivity (Wildman–Crippen MR) is 49.9 cm³/mol. The van der Waals surface area contributed by atoms with E-state index in [0.717, 1.165) is 12.8 Å². The number of amides is 1. The highest BCUT2D eigenvalue weighted by Crippen LogP contribution is 2.11. The Bertz CT molecular complexity index is 250. The van der Waals surface area contributed by atoms with Gasteiger partial charge in [-0.2, -0.15) is 0 Å². The topological polar surface area (TPSA) is 92.8 Å². The molecule has 2 atom stereocenters. The van der Waals surface area contributed by atoms with Crippen molar-refractivity contribution >= 4 is 22.7 Å². The van der Waals surface area contributed by atoms with E-state index >= 15 is 0 Å². The van der Waals surface area contributed by atoms with Crippen LogP contribution in [0, 0.1) is 0 Å². The molecular weight excluding hydrogens is 192 g/mol. The van der Waals surface area contributed by atoms with E-state index in [1.165, 1.54) is 0 Å². The lowest BCUT2D eigenvalue weighted by Crippen LogP contribution is -2.40. The highest BCUT2D eigenvalue weighted by atomic mass is 32.2. The fraction of sp³-hybridized carbons (Fsp3) is 0.714. The molecule has 0 bridgehead atoms. The minimum Gasteiger partial charge on any atom is -0.368 e. The van der Waals surface area contributed by atoms with Crippen LogP contribution in [-0.2, 0) is 15.9 Å². The lowest BCUT2D eigenvalue weighted by atomic mass is 10.1. The predicted octanol–water partition coefficient (Wildman–Crippen LogP) is -0.313. The summed E-state index contributed by atoms with van der Waals surface area (Å²) in [6, 6.07) is 0. The number of hydrogen-bond acceptors (Lipinski definition) is 3. The first-order valence-corrected chi connectivity index (χ1v) is 5.22. The molecule has 1 aliphatic heterocycles. The van der Waals surface area contributed by atoms with Gasteiger partial charge in [0.2, 0.25) is 5.91 Å². The Morgan fingerprint density at radius 2 is 2.31 bits per heavy atom. The first kappa shape index (κ1) is 10.3. The van der Waals surface area contributed by atoms with Gasteiger partial charge in [0.1, 0.15) is 0 Å². The molecule has 1 aliphatic rings. The molecule has 0 radical (unpaired) electrons. The zero-order valence-corrected chi connectivity index (χ0v) is 7.92. The second kappa shape index (κ2) is 4.48. The van der Waals surface area contributed by atoms with Crippen molar-refractivity contribution in [2.24, 2.45) is 10.7 Å². The van der Waals surface area contributed by atoms with Crippen molar-refractivity contribution in [2.45, 2.75) is 24.5 Å². The standard InChI is InChI=1S/C7H12N2O3S/c8-7(10)6(13(11)12)5-3-1-2-4-9-5/h6H,1-4H2,(H2,8,10)(H,11,12). The van der Waals surface area contributed by atoms with E-state index in [2.05, 4.69) is 4.99 Å². The van der Waals surface area contributed by atoms with Gasteiger partial charge in [0.15, 0.2) is 16.3 Å². The summed E-state index contributed by atoms with van der Waals surface area (Å²) in [7, 11) is 0. The molecule has 0 aromatic heterocycles. The third-order valence-electron chi connectivity index (χ3n) is 1.92. The largest absolute Gasteiger partial charge is 0.368 e. The summed E-state index contributed by atoms with van der Waals surface area (Å²) in [5.41, 5.74) is 5.47. The van der Waals surface area contributed by atoms with Crippen molar-refractivity contribution in [3.8, 4) is 0 Å². The monoisotopic (exact) mass is 204 g/mol. The molecule has 1 heterocycles. The maximum absolute atomic E-state index is 10.8. The quantitative estimate of drug-likeness (QED) is 0.617. The second-order valence-electron chi connectivity index (χ2n) is 2.89. The summed E-state index contributed by atoms with van der Waals surface area (Å²) in [6.07, 6.45) is 2.47. The fourth-order valence-corrected chi connectivity index (χ4v) is 1.94. The molecule has 2 unspecified atom stereocenters. The highest BCUT2D eigenvalue weighted by molar-refractivity contribution is 7.81. The number of primary amides is 1. The van der Waals surface area contributed by atoms with Crippen molar-refractivity contribution < 1.29 is 13.6 Å². The zero-order chi connectivity index (χ0) is 9.84. The summed E-state index contributed by atoms with van der Waals surface area (Å²) in [5, 5.41) is -1.11. The summed E-state index contributed by atoms with van der Waals surface area (Å²) < 4.78 is 19.6. The zero-order valence-electron chi connectivity index (χ0n) is 7.10. The van der Waals surface area contributed by atoms with E-state index < -0.39 is 22.2 Å². The van der Waals surface area contributed by atoms with Gasteiger partial charge >= 0.3 is 0 Å². The Morgan fingerprint density at radius 1 is 1.62 bits per heavy atom. The molecule has 74 valence electrons. The van der Waals surface area contributed by atoms with Gasteiger partial charge in [0, 0.05) is 12.3 Å². The normalized spacial score (nSPS) is 21.8. The van der Waals surface area contributed by atoms with E-state index in [4.69, 9.17) is 10.3 Å². The number of carbonyl (C=O) groups excluding carboxylic acids is 1. The Labute approximate surface area is 78.7 Å². The van der Waals surface area contributed by atoms with Crippen LogP contribution in [0.25, 0.3) is 0 Å². The fourth-order valence-electron chi connectivity index (χ4n) is 1.31. The molecule has 1 amide bonds. The number of nitrogens with zero attached hydrogens (tertiary/aromatic N) is 1. The average Bonchev–Trinajstić information content (AvgIpc) is 2.04. The third-order valence-corrected chi connectivity index (χ3v) is 2.83. The van der Waals surface area contributed by atoms with Gasteiger partial charge in [0.05, 0.1) is 0 Å². The second-order valence-corrected chi connectivity index (χ2v) is 3.91. The SMILES string of the molecule is NC(=O)C(C1=NCCCC1)S(=O)O. The van der Waals surface area contributed by atoms with Gasteiger partial charge in [-0.05, 0) is 19.3 Å². The van der Waals surface area contributed by atoms with Gasteiger partial charge in [-0.15, -0.1) is 0 Å². The van der Waals surface area contributed by atoms with Crippen molar-refractivity contribution in [2.75, 3.05) is 6.54 Å². The summed E-state index contributed by atoms with van der Waals surface area (Å²) in [4.78, 5) is 14.9. The molecular formula is C7H12N2O3S. The summed E-state index contributed by atoms with van der Waals surface area (Å²) in [6.45, 7) is 0.621. The molecule has 13 heavy (non-hydrogen) atoms. The Morgan fingerprint density at radius 3 is 2.69 bits per heavy atom. The number of nitrogens with two attached hydrogens (primary N) is 1. The average molecular weight is 204 g/mol. The maximum atomic E-state index is 10.8. The van der Waals surface area contributed by atoms with Crippen LogP contribution in [0.5, 0.6) is 0 Å². The molecule has 5 nitrogen and oxygen atoms in total. The Hall–Kier alpha value is -0.750. The van der Waals surface area contributed by atoms with Crippen LogP contribution in [-0.4, -0.2) is 32.2 Å². The molecule has 0 fully saturated rings. The first-order chi connectivity index (χ1) is 6.13. The molecule has 6 heteroatoms. The van der Waals surface area contributed by atoms with Crippen LogP contribution < -0.4 is 5.73 Å². The van der Waals surface area contributed by atoms with E-state index in [-0.39, 0.29) is 0 Å². The van der Waals surface area contributed by atoms with Crippen LogP contribution in [0.3, 0.4) is 0 Å². The number of hydrogen-bond donors (Lipinski definition) is 2. The van der Waals surface area contributed by atoms with E-state index in [9.17, 15) is 9.00 Å². The number of carbonyl (C=O) groups is 1. The van der Waals surface area contributed by atoms with Crippen LogP contribution in [0.15, 0.2) is 4.99 Å². The van der Waals surface area contributed by atoms with E-state index in [1.54, 1.807) is 0 Å². The number of rotatable bonds is 3. The molecule has 0 aliphatic carbocycles. The molecule has 0 saturated carbocycles. The van der Waals surface area contributed by atoms with Gasteiger partial charge < -0.3 is 10.3 Å². The van der Waals surface area contributed by atoms with Crippen molar-refractivity contribution in [3.05, 3.63) is 0 Å². The minimum atomic E-state index is -2.24. The molecule has 1 rings (SSSR count). The molecule has 3 N–H and O–H groups in total. The molecule has 0 saturated heterocycles. The van der Waals surface area contributed by atoms with Gasteiger partial charge in [-0.3, -0.25) is 9.79 Å². The van der Waals surface area contributed by atoms with Gasteiger partial charge in [-0.25, -0.2) is 4.21 Å². The maximum Gasteiger partial charge on any atom is 0.241 e. The van der Waals surface area contributed by atoms with Crippen LogP contribution >= 0.6 is 0 Å². The van der Waals surface area contributed by atoms with Gasteiger partial charge in [-0.1, -0.05) is 0 Å². The van der Waals surface area contributed by atoms with Crippen LogP contribution in [0.2, 0.25) is 0 Å². The minimum absolute atomic E-state index is 0.472. The summed E-state index contributed by atoms with van der Waals surface area (Å²) in [5.74, 6) is -0.776. The lowest BCUT2D eigenvalue weighted by Gasteiger charge is -2.16. The lowest BCUT2D eigenvalue weighted by molar-refractivity contribution is -0.116.